The van der Waals surface area contributed by atoms with Crippen molar-refractivity contribution < 1.29 is 4.79 Å². The van der Waals surface area contributed by atoms with E-state index in [-0.39, 0.29) is 11.6 Å². The third-order valence-electron chi connectivity index (χ3n) is 2.32. The van der Waals surface area contributed by atoms with Gasteiger partial charge in [-0.1, -0.05) is 0 Å². The van der Waals surface area contributed by atoms with Crippen molar-refractivity contribution in [2.75, 3.05) is 10.7 Å². The maximum absolute atomic E-state index is 11.9. The Balaban J connectivity index is 2.14. The van der Waals surface area contributed by atoms with E-state index in [1.165, 1.54) is 12.4 Å². The molecule has 0 radical (unpaired) electrons. The SMILES string of the molecule is Cc1ccncc1NC(=O)c1cnc(NN)cn1. The van der Waals surface area contributed by atoms with Crippen LogP contribution in [0.2, 0.25) is 0 Å². The van der Waals surface area contributed by atoms with Crippen LogP contribution in [0.25, 0.3) is 0 Å². The molecule has 0 aliphatic rings. The molecule has 0 saturated carbocycles. The van der Waals surface area contributed by atoms with Gasteiger partial charge in [-0.25, -0.2) is 15.8 Å². The predicted molar refractivity (Wildman–Crippen MR) is 66.8 cm³/mol. The van der Waals surface area contributed by atoms with Crippen LogP contribution in [0.15, 0.2) is 30.9 Å². The van der Waals surface area contributed by atoms with Crippen LogP contribution < -0.4 is 16.6 Å². The molecular formula is C11H12N6O. The molecule has 7 heteroatoms. The minimum absolute atomic E-state index is 0.206. The largest absolute Gasteiger partial charge is 0.319 e. The molecule has 0 bridgehead atoms. The van der Waals surface area contributed by atoms with Gasteiger partial charge in [0.05, 0.1) is 24.3 Å². The number of nitrogens with zero attached hydrogens (tertiary/aromatic N) is 3. The molecule has 0 spiro atoms. The second kappa shape index (κ2) is 5.19. The van der Waals surface area contributed by atoms with Gasteiger partial charge in [-0.2, -0.15) is 0 Å². The van der Waals surface area contributed by atoms with Crippen LogP contribution in [-0.2, 0) is 0 Å². The highest BCUT2D eigenvalue weighted by atomic mass is 16.1. The van der Waals surface area contributed by atoms with Gasteiger partial charge in [0.2, 0.25) is 0 Å². The highest BCUT2D eigenvalue weighted by Crippen LogP contribution is 2.12. The number of anilines is 2. The second-order valence-corrected chi connectivity index (χ2v) is 3.58. The van der Waals surface area contributed by atoms with Gasteiger partial charge < -0.3 is 10.7 Å². The van der Waals surface area contributed by atoms with Gasteiger partial charge in [0.15, 0.2) is 5.82 Å². The fourth-order valence-electron chi connectivity index (χ4n) is 1.30. The maximum atomic E-state index is 11.9. The van der Waals surface area contributed by atoms with Gasteiger partial charge in [0, 0.05) is 6.20 Å². The number of hydrazine groups is 1. The standard InChI is InChI=1S/C11H12N6O/c1-7-2-3-13-4-8(7)16-11(18)9-5-15-10(17-12)6-14-9/h2-6H,12H2,1H3,(H,15,17)(H,16,18). The Labute approximate surface area is 103 Å². The minimum atomic E-state index is -0.345. The Kier molecular flexibility index (Phi) is 3.44. The average molecular weight is 244 g/mol. The number of nitrogen functional groups attached to an aromatic ring is 1. The van der Waals surface area contributed by atoms with Crippen molar-refractivity contribution in [1.29, 1.82) is 0 Å². The summed E-state index contributed by atoms with van der Waals surface area (Å²) in [5.41, 5.74) is 4.11. The number of rotatable bonds is 3. The van der Waals surface area contributed by atoms with Crippen LogP contribution in [0.4, 0.5) is 11.5 Å². The molecule has 0 fully saturated rings. The number of pyridine rings is 1. The topological polar surface area (TPSA) is 106 Å². The number of amides is 1. The first kappa shape index (κ1) is 11.9. The van der Waals surface area contributed by atoms with E-state index in [1.807, 2.05) is 13.0 Å². The summed E-state index contributed by atoms with van der Waals surface area (Å²) in [7, 11) is 0. The van der Waals surface area contributed by atoms with E-state index in [2.05, 4.69) is 25.7 Å². The summed E-state index contributed by atoms with van der Waals surface area (Å²) < 4.78 is 0. The zero-order chi connectivity index (χ0) is 13.0. The molecule has 0 aliphatic carbocycles. The molecule has 0 saturated heterocycles. The van der Waals surface area contributed by atoms with E-state index < -0.39 is 0 Å². The van der Waals surface area contributed by atoms with E-state index in [1.54, 1.807) is 12.4 Å². The van der Waals surface area contributed by atoms with Crippen LogP contribution >= 0.6 is 0 Å². The van der Waals surface area contributed by atoms with Gasteiger partial charge in [-0.05, 0) is 18.6 Å². The van der Waals surface area contributed by atoms with E-state index in [0.29, 0.717) is 11.5 Å². The van der Waals surface area contributed by atoms with Gasteiger partial charge in [-0.15, -0.1) is 0 Å². The normalized spacial score (nSPS) is 9.89. The summed E-state index contributed by atoms with van der Waals surface area (Å²) in [6, 6.07) is 1.81. The number of hydrogen-bond acceptors (Lipinski definition) is 6. The number of aryl methyl sites for hydroxylation is 1. The van der Waals surface area contributed by atoms with Crippen molar-refractivity contribution in [2.45, 2.75) is 6.92 Å². The van der Waals surface area contributed by atoms with Crippen molar-refractivity contribution in [3.63, 3.8) is 0 Å². The summed E-state index contributed by atoms with van der Waals surface area (Å²) in [4.78, 5) is 23.7. The fraction of sp³-hybridized carbons (Fsp3) is 0.0909. The zero-order valence-electron chi connectivity index (χ0n) is 9.71. The van der Waals surface area contributed by atoms with Crippen molar-refractivity contribution in [2.24, 2.45) is 5.84 Å². The minimum Gasteiger partial charge on any atom is -0.319 e. The lowest BCUT2D eigenvalue weighted by atomic mass is 10.2. The third-order valence-corrected chi connectivity index (χ3v) is 2.32. The predicted octanol–water partition coefficient (Wildman–Crippen LogP) is 0.718. The van der Waals surface area contributed by atoms with Crippen LogP contribution in [0.1, 0.15) is 16.1 Å². The lowest BCUT2D eigenvalue weighted by molar-refractivity contribution is 0.102. The molecule has 2 rings (SSSR count). The lowest BCUT2D eigenvalue weighted by Crippen LogP contribution is -2.16. The molecule has 1 amide bonds. The Hall–Kier alpha value is -2.54. The number of aromatic nitrogens is 3. The zero-order valence-corrected chi connectivity index (χ0v) is 9.71. The number of carbonyl (C=O) groups is 1. The van der Waals surface area contributed by atoms with E-state index >= 15 is 0 Å². The molecule has 18 heavy (non-hydrogen) atoms. The smallest absolute Gasteiger partial charge is 0.275 e. The van der Waals surface area contributed by atoms with E-state index in [4.69, 9.17) is 5.84 Å². The highest BCUT2D eigenvalue weighted by molar-refractivity contribution is 6.02. The molecule has 0 aromatic carbocycles. The fourth-order valence-corrected chi connectivity index (χ4v) is 1.30. The van der Waals surface area contributed by atoms with E-state index in [0.717, 1.165) is 5.56 Å². The van der Waals surface area contributed by atoms with Crippen LogP contribution in [0.5, 0.6) is 0 Å². The average Bonchev–Trinajstić information content (AvgIpc) is 2.41. The third kappa shape index (κ3) is 2.58. The Morgan fingerprint density at radius 3 is 2.72 bits per heavy atom. The first-order valence-corrected chi connectivity index (χ1v) is 5.21. The maximum Gasteiger partial charge on any atom is 0.275 e. The van der Waals surface area contributed by atoms with Gasteiger partial charge in [-0.3, -0.25) is 9.78 Å². The molecular weight excluding hydrogens is 232 g/mol. The van der Waals surface area contributed by atoms with Crippen LogP contribution in [0.3, 0.4) is 0 Å². The van der Waals surface area contributed by atoms with Crippen molar-refractivity contribution in [3.05, 3.63) is 42.1 Å². The highest BCUT2D eigenvalue weighted by Gasteiger charge is 2.09. The first-order valence-electron chi connectivity index (χ1n) is 5.21. The number of carbonyl (C=O) groups excluding carboxylic acids is 1. The molecule has 7 nitrogen and oxygen atoms in total. The number of nitrogens with two attached hydrogens (primary N) is 1. The molecule has 2 aromatic heterocycles. The van der Waals surface area contributed by atoms with Crippen LogP contribution in [0, 0.1) is 6.92 Å². The Morgan fingerprint density at radius 1 is 1.28 bits per heavy atom. The molecule has 92 valence electrons. The second-order valence-electron chi connectivity index (χ2n) is 3.58. The summed E-state index contributed by atoms with van der Waals surface area (Å²) in [5, 5.41) is 2.71. The molecule has 2 aromatic rings. The van der Waals surface area contributed by atoms with Gasteiger partial charge in [0.25, 0.3) is 5.91 Å². The first-order chi connectivity index (χ1) is 8.70. The van der Waals surface area contributed by atoms with Gasteiger partial charge in [0.1, 0.15) is 5.69 Å². The Bertz CT molecular complexity index is 554. The summed E-state index contributed by atoms with van der Waals surface area (Å²) in [6.07, 6.45) is 5.96. The Morgan fingerprint density at radius 2 is 2.11 bits per heavy atom. The number of nitrogens with one attached hydrogen (secondary N) is 2. The molecule has 0 aliphatic heterocycles. The molecule has 0 atom stereocenters. The van der Waals surface area contributed by atoms with Crippen molar-refractivity contribution in [3.8, 4) is 0 Å². The van der Waals surface area contributed by atoms with Crippen molar-refractivity contribution in [1.82, 2.24) is 15.0 Å². The monoisotopic (exact) mass is 244 g/mol. The molecule has 0 unspecified atom stereocenters. The molecule has 4 N–H and O–H groups in total. The summed E-state index contributed by atoms with van der Waals surface area (Å²) in [6.45, 7) is 1.88. The summed E-state index contributed by atoms with van der Waals surface area (Å²) >= 11 is 0. The van der Waals surface area contributed by atoms with E-state index in [9.17, 15) is 4.79 Å². The quantitative estimate of drug-likeness (QED) is 0.542. The van der Waals surface area contributed by atoms with Gasteiger partial charge >= 0.3 is 0 Å². The molecule has 2 heterocycles. The number of hydrogen-bond donors (Lipinski definition) is 3. The summed E-state index contributed by atoms with van der Waals surface area (Å²) in [5.74, 6) is 5.21. The van der Waals surface area contributed by atoms with Crippen molar-refractivity contribution >= 4 is 17.4 Å². The van der Waals surface area contributed by atoms with Crippen LogP contribution in [-0.4, -0.2) is 20.9 Å². The lowest BCUT2D eigenvalue weighted by Gasteiger charge is -2.06.